The van der Waals surface area contributed by atoms with Gasteiger partial charge in [-0.05, 0) is 48.0 Å². The van der Waals surface area contributed by atoms with E-state index in [-0.39, 0.29) is 35.7 Å². The van der Waals surface area contributed by atoms with Crippen LogP contribution in [0.2, 0.25) is 0 Å². The number of benzene rings is 2. The van der Waals surface area contributed by atoms with Gasteiger partial charge in [0.1, 0.15) is 29.0 Å². The van der Waals surface area contributed by atoms with Crippen molar-refractivity contribution in [1.29, 1.82) is 0 Å². The lowest BCUT2D eigenvalue weighted by atomic mass is 9.93. The Balaban J connectivity index is 1.69. The number of ether oxygens (including phenoxy) is 3. The molecule has 0 spiro atoms. The molecule has 2 aromatic carbocycles. The van der Waals surface area contributed by atoms with Gasteiger partial charge >= 0.3 is 6.36 Å². The van der Waals surface area contributed by atoms with Crippen molar-refractivity contribution in [1.82, 2.24) is 9.88 Å². The summed E-state index contributed by atoms with van der Waals surface area (Å²) in [6, 6.07) is 8.84. The zero-order chi connectivity index (χ0) is 30.6. The summed E-state index contributed by atoms with van der Waals surface area (Å²) in [5.74, 6) is -3.55. The standard InChI is InChI=1S/C28H27F4N3O7/c1-40-15-17(14-36)34-11-3-4-23(26(34)38)35-13-21(20-10-9-19(41-2)12-22(20)29)24(27(35)39)33-25(37)16-5-7-18(8-6-16)42-28(30,31)32/h3-12,17,21,24,36H,13-15H2,1-2H3,(H,33,37)/t17?,21-,24-/m0/s1. The Bertz CT molecular complexity index is 1490. The Hall–Kier alpha value is -4.43. The van der Waals surface area contributed by atoms with Gasteiger partial charge in [-0.15, -0.1) is 13.2 Å². The monoisotopic (exact) mass is 593 g/mol. The summed E-state index contributed by atoms with van der Waals surface area (Å²) in [6.45, 7) is -0.603. The van der Waals surface area contributed by atoms with Gasteiger partial charge in [-0.1, -0.05) is 6.07 Å². The van der Waals surface area contributed by atoms with Gasteiger partial charge in [-0.3, -0.25) is 14.4 Å². The van der Waals surface area contributed by atoms with Crippen LogP contribution in [-0.4, -0.2) is 67.9 Å². The zero-order valence-electron chi connectivity index (χ0n) is 22.4. The number of carbonyl (C=O) groups excluding carboxylic acids is 2. The van der Waals surface area contributed by atoms with Gasteiger partial charge in [0, 0.05) is 37.4 Å². The van der Waals surface area contributed by atoms with E-state index in [9.17, 15) is 32.7 Å². The summed E-state index contributed by atoms with van der Waals surface area (Å²) in [7, 11) is 2.76. The molecule has 1 fully saturated rings. The number of aromatic nitrogens is 1. The average molecular weight is 594 g/mol. The normalized spacial score (nSPS) is 17.7. The molecular weight excluding hydrogens is 566 g/mol. The van der Waals surface area contributed by atoms with Gasteiger partial charge in [0.2, 0.25) is 5.91 Å². The molecule has 3 atom stereocenters. The van der Waals surface area contributed by atoms with Crippen LogP contribution in [0.25, 0.3) is 0 Å². The number of nitrogens with one attached hydrogen (secondary N) is 1. The lowest BCUT2D eigenvalue weighted by Crippen LogP contribution is -2.44. The molecular formula is C28H27F4N3O7. The molecule has 2 N–H and O–H groups in total. The molecule has 1 aliphatic rings. The number of pyridine rings is 1. The molecule has 42 heavy (non-hydrogen) atoms. The molecule has 14 heteroatoms. The molecule has 1 aromatic heterocycles. The topological polar surface area (TPSA) is 119 Å². The van der Waals surface area contributed by atoms with Crippen molar-refractivity contribution in [3.05, 3.63) is 88.1 Å². The number of alkyl halides is 3. The van der Waals surface area contributed by atoms with Crippen molar-refractivity contribution in [2.24, 2.45) is 0 Å². The molecule has 10 nitrogen and oxygen atoms in total. The Labute approximate surface area is 237 Å². The number of nitrogens with zero attached hydrogens (tertiary/aromatic N) is 2. The van der Waals surface area contributed by atoms with Gasteiger partial charge in [0.05, 0.1) is 26.4 Å². The van der Waals surface area contributed by atoms with Crippen molar-refractivity contribution < 1.29 is 46.5 Å². The number of aliphatic hydroxyl groups excluding tert-OH is 1. The van der Waals surface area contributed by atoms with E-state index in [1.54, 1.807) is 0 Å². The third-order valence-electron chi connectivity index (χ3n) is 6.77. The fraction of sp³-hybridized carbons (Fsp3) is 0.321. The van der Waals surface area contributed by atoms with Crippen LogP contribution >= 0.6 is 0 Å². The average Bonchev–Trinajstić information content (AvgIpc) is 3.26. The fourth-order valence-electron chi connectivity index (χ4n) is 4.76. The first-order valence-corrected chi connectivity index (χ1v) is 12.6. The van der Waals surface area contributed by atoms with E-state index >= 15 is 4.39 Å². The summed E-state index contributed by atoms with van der Waals surface area (Å²) >= 11 is 0. The van der Waals surface area contributed by atoms with Crippen LogP contribution in [0, 0.1) is 5.82 Å². The number of hydrogen-bond donors (Lipinski definition) is 2. The molecule has 0 bridgehead atoms. The highest BCUT2D eigenvalue weighted by molar-refractivity contribution is 6.05. The largest absolute Gasteiger partial charge is 0.573 e. The lowest BCUT2D eigenvalue weighted by Gasteiger charge is -2.21. The number of amides is 2. The van der Waals surface area contributed by atoms with Gasteiger partial charge in [0.25, 0.3) is 11.5 Å². The van der Waals surface area contributed by atoms with E-state index in [1.165, 1.54) is 49.2 Å². The van der Waals surface area contributed by atoms with Crippen molar-refractivity contribution in [3.8, 4) is 11.5 Å². The molecule has 0 saturated carbocycles. The van der Waals surface area contributed by atoms with E-state index in [0.29, 0.717) is 0 Å². The van der Waals surface area contributed by atoms with E-state index in [1.807, 2.05) is 0 Å². The first-order chi connectivity index (χ1) is 20.0. The predicted molar refractivity (Wildman–Crippen MR) is 141 cm³/mol. The van der Waals surface area contributed by atoms with E-state index in [2.05, 4.69) is 10.1 Å². The molecule has 2 heterocycles. The maximum absolute atomic E-state index is 15.2. The van der Waals surface area contributed by atoms with E-state index in [0.717, 1.165) is 35.2 Å². The molecule has 1 unspecified atom stereocenters. The van der Waals surface area contributed by atoms with E-state index in [4.69, 9.17) is 9.47 Å². The summed E-state index contributed by atoms with van der Waals surface area (Å²) < 4.78 is 67.9. The minimum atomic E-state index is -4.92. The second kappa shape index (κ2) is 12.6. The van der Waals surface area contributed by atoms with Gasteiger partial charge in [0.15, 0.2) is 0 Å². The van der Waals surface area contributed by atoms with Crippen molar-refractivity contribution in [2.45, 2.75) is 24.4 Å². The van der Waals surface area contributed by atoms with Crippen LogP contribution < -0.4 is 25.2 Å². The molecule has 2 amide bonds. The first-order valence-electron chi connectivity index (χ1n) is 12.6. The summed E-state index contributed by atoms with van der Waals surface area (Å²) in [5.41, 5.74) is -0.712. The van der Waals surface area contributed by atoms with Crippen LogP contribution in [-0.2, 0) is 9.53 Å². The molecule has 0 radical (unpaired) electrons. The molecule has 1 aliphatic heterocycles. The van der Waals surface area contributed by atoms with Crippen LogP contribution in [0.3, 0.4) is 0 Å². The molecule has 3 aromatic rings. The highest BCUT2D eigenvalue weighted by Gasteiger charge is 2.45. The molecule has 0 aliphatic carbocycles. The summed E-state index contributed by atoms with van der Waals surface area (Å²) in [6.07, 6.45) is -3.49. The zero-order valence-corrected chi connectivity index (χ0v) is 22.4. The third-order valence-corrected chi connectivity index (χ3v) is 6.77. The fourth-order valence-corrected chi connectivity index (χ4v) is 4.76. The number of halogens is 4. The first kappa shape index (κ1) is 30.5. The highest BCUT2D eigenvalue weighted by Crippen LogP contribution is 2.34. The quantitative estimate of drug-likeness (QED) is 0.347. The van der Waals surface area contributed by atoms with Crippen molar-refractivity contribution in [3.63, 3.8) is 0 Å². The second-order valence-corrected chi connectivity index (χ2v) is 9.36. The predicted octanol–water partition coefficient (Wildman–Crippen LogP) is 3.00. The maximum Gasteiger partial charge on any atom is 0.573 e. The van der Waals surface area contributed by atoms with Gasteiger partial charge in [-0.2, -0.15) is 0 Å². The number of carbonyl (C=O) groups is 2. The van der Waals surface area contributed by atoms with Crippen LogP contribution in [0.15, 0.2) is 65.6 Å². The number of anilines is 1. The molecule has 1 saturated heterocycles. The summed E-state index contributed by atoms with van der Waals surface area (Å²) in [5, 5.41) is 12.3. The Morgan fingerprint density at radius 2 is 1.79 bits per heavy atom. The number of methoxy groups -OCH3 is 2. The third kappa shape index (κ3) is 6.55. The highest BCUT2D eigenvalue weighted by atomic mass is 19.4. The van der Waals surface area contributed by atoms with E-state index < -0.39 is 59.9 Å². The minimum absolute atomic E-state index is 0.0129. The van der Waals surface area contributed by atoms with Crippen molar-refractivity contribution >= 4 is 17.5 Å². The SMILES string of the molecule is COCC(CO)n1cccc(N2C[C@@H](c3ccc(OC)cc3F)[C@H](NC(=O)c3ccc(OC(F)(F)F)cc3)C2=O)c1=O. The second-order valence-electron chi connectivity index (χ2n) is 9.36. The van der Waals surface area contributed by atoms with Crippen LogP contribution in [0.4, 0.5) is 23.2 Å². The number of aliphatic hydroxyl groups is 1. The Morgan fingerprint density at radius 1 is 1.10 bits per heavy atom. The number of rotatable bonds is 10. The van der Waals surface area contributed by atoms with Gasteiger partial charge < -0.3 is 34.1 Å². The van der Waals surface area contributed by atoms with Crippen LogP contribution in [0.5, 0.6) is 11.5 Å². The lowest BCUT2D eigenvalue weighted by molar-refractivity contribution is -0.274. The van der Waals surface area contributed by atoms with Crippen molar-refractivity contribution in [2.75, 3.05) is 38.9 Å². The summed E-state index contributed by atoms with van der Waals surface area (Å²) in [4.78, 5) is 41.3. The Kier molecular flexibility index (Phi) is 9.17. The molecule has 224 valence electrons. The smallest absolute Gasteiger partial charge is 0.497 e. The minimum Gasteiger partial charge on any atom is -0.497 e. The Morgan fingerprint density at radius 3 is 2.38 bits per heavy atom. The maximum atomic E-state index is 15.2. The van der Waals surface area contributed by atoms with Crippen LogP contribution in [0.1, 0.15) is 27.9 Å². The van der Waals surface area contributed by atoms with Gasteiger partial charge in [-0.25, -0.2) is 4.39 Å². The molecule has 4 rings (SSSR count). The number of hydrogen-bond acceptors (Lipinski definition) is 7.